The molecule has 0 radical (unpaired) electrons. The van der Waals surface area contributed by atoms with Gasteiger partial charge in [0.2, 0.25) is 0 Å². The first-order chi connectivity index (χ1) is 6.68. The molecule has 0 amide bonds. The molecule has 2 fully saturated rings. The summed E-state index contributed by atoms with van der Waals surface area (Å²) in [5, 5.41) is 0. The average Bonchev–Trinajstić information content (AvgIpc) is 2.47. The Balaban J connectivity index is 1.83. The summed E-state index contributed by atoms with van der Waals surface area (Å²) in [6.07, 6.45) is 9.49. The Hall–Kier alpha value is -0.110. The van der Waals surface area contributed by atoms with Crippen molar-refractivity contribution < 1.29 is 4.39 Å². The van der Waals surface area contributed by atoms with E-state index in [1.165, 1.54) is 32.1 Å². The molecule has 0 aromatic rings. The zero-order valence-corrected chi connectivity index (χ0v) is 8.97. The van der Waals surface area contributed by atoms with Crippen molar-refractivity contribution in [1.82, 2.24) is 0 Å². The van der Waals surface area contributed by atoms with Crippen LogP contribution >= 0.6 is 0 Å². The third-order valence-electron chi connectivity index (χ3n) is 3.97. The molecule has 0 aromatic heterocycles. The normalized spacial score (nSPS) is 40.3. The second-order valence-corrected chi connectivity index (χ2v) is 5.36. The van der Waals surface area contributed by atoms with Gasteiger partial charge in [-0.3, -0.25) is 0 Å². The number of rotatable bonds is 2. The molecule has 1 nitrogen and oxygen atoms in total. The summed E-state index contributed by atoms with van der Waals surface area (Å²) < 4.78 is 14.3. The Bertz CT molecular complexity index is 189. The molecule has 0 heterocycles. The summed E-state index contributed by atoms with van der Waals surface area (Å²) in [6.45, 7) is 0. The Morgan fingerprint density at radius 3 is 2.43 bits per heavy atom. The fraction of sp³-hybridized carbons (Fsp3) is 1.00. The van der Waals surface area contributed by atoms with Crippen molar-refractivity contribution in [2.24, 2.45) is 11.7 Å². The van der Waals surface area contributed by atoms with Gasteiger partial charge in [0.15, 0.2) is 0 Å². The molecule has 0 aliphatic heterocycles. The van der Waals surface area contributed by atoms with E-state index in [9.17, 15) is 4.39 Å². The predicted octanol–water partition coefficient (Wildman–Crippen LogP) is 3.18. The standard InChI is InChI=1S/C12H22FN/c13-12(7-6-11(14)9-12)8-10-4-2-1-3-5-10/h10-11H,1-9,14H2. The molecule has 0 spiro atoms. The molecule has 0 bridgehead atoms. The summed E-state index contributed by atoms with van der Waals surface area (Å²) in [7, 11) is 0. The van der Waals surface area contributed by atoms with Crippen LogP contribution < -0.4 is 5.73 Å². The van der Waals surface area contributed by atoms with E-state index in [-0.39, 0.29) is 6.04 Å². The highest BCUT2D eigenvalue weighted by molar-refractivity contribution is 4.93. The van der Waals surface area contributed by atoms with Crippen molar-refractivity contribution in [2.45, 2.75) is 69.5 Å². The van der Waals surface area contributed by atoms with Crippen molar-refractivity contribution in [2.75, 3.05) is 0 Å². The zero-order chi connectivity index (χ0) is 10.0. The van der Waals surface area contributed by atoms with Crippen LogP contribution in [0.2, 0.25) is 0 Å². The lowest BCUT2D eigenvalue weighted by molar-refractivity contribution is 0.115. The minimum Gasteiger partial charge on any atom is -0.328 e. The van der Waals surface area contributed by atoms with Crippen LogP contribution in [0.1, 0.15) is 57.8 Å². The van der Waals surface area contributed by atoms with Crippen LogP contribution in [0.5, 0.6) is 0 Å². The monoisotopic (exact) mass is 199 g/mol. The van der Waals surface area contributed by atoms with Gasteiger partial charge in [0.25, 0.3) is 0 Å². The highest BCUT2D eigenvalue weighted by atomic mass is 19.1. The van der Waals surface area contributed by atoms with E-state index in [2.05, 4.69) is 0 Å². The lowest BCUT2D eigenvalue weighted by Crippen LogP contribution is -2.27. The lowest BCUT2D eigenvalue weighted by atomic mass is 9.81. The van der Waals surface area contributed by atoms with E-state index in [1.807, 2.05) is 0 Å². The second-order valence-electron chi connectivity index (χ2n) is 5.36. The van der Waals surface area contributed by atoms with Crippen LogP contribution in [0.25, 0.3) is 0 Å². The molecule has 0 saturated heterocycles. The van der Waals surface area contributed by atoms with Gasteiger partial charge in [0.1, 0.15) is 5.67 Å². The first-order valence-corrected chi connectivity index (χ1v) is 6.12. The Kier molecular flexibility index (Phi) is 3.10. The third kappa shape index (κ3) is 2.47. The van der Waals surface area contributed by atoms with Crippen molar-refractivity contribution >= 4 is 0 Å². The smallest absolute Gasteiger partial charge is 0.112 e. The molecule has 2 aliphatic rings. The molecule has 2 atom stereocenters. The van der Waals surface area contributed by atoms with Gasteiger partial charge in [-0.1, -0.05) is 32.1 Å². The van der Waals surface area contributed by atoms with Crippen molar-refractivity contribution in [1.29, 1.82) is 0 Å². The summed E-state index contributed by atoms with van der Waals surface area (Å²) in [5.41, 5.74) is 4.87. The largest absolute Gasteiger partial charge is 0.328 e. The Morgan fingerprint density at radius 1 is 1.14 bits per heavy atom. The van der Waals surface area contributed by atoms with Crippen molar-refractivity contribution in [3.63, 3.8) is 0 Å². The molecule has 14 heavy (non-hydrogen) atoms. The highest BCUT2D eigenvalue weighted by Crippen LogP contribution is 2.41. The van der Waals surface area contributed by atoms with Crippen LogP contribution in [-0.2, 0) is 0 Å². The SMILES string of the molecule is NC1CCC(F)(CC2CCCCC2)C1. The third-order valence-corrected chi connectivity index (χ3v) is 3.97. The van der Waals surface area contributed by atoms with Crippen LogP contribution in [0.4, 0.5) is 4.39 Å². The fourth-order valence-corrected chi connectivity index (χ4v) is 3.21. The number of halogens is 1. The Labute approximate surface area is 86.2 Å². The maximum absolute atomic E-state index is 14.3. The number of hydrogen-bond donors (Lipinski definition) is 1. The van der Waals surface area contributed by atoms with Crippen LogP contribution in [0.3, 0.4) is 0 Å². The molecule has 2 rings (SSSR count). The molecular weight excluding hydrogens is 177 g/mol. The molecular formula is C12H22FN. The first-order valence-electron chi connectivity index (χ1n) is 6.12. The summed E-state index contributed by atoms with van der Waals surface area (Å²) in [4.78, 5) is 0. The molecule has 2 aliphatic carbocycles. The van der Waals surface area contributed by atoms with E-state index in [0.29, 0.717) is 18.8 Å². The first kappa shape index (κ1) is 10.4. The predicted molar refractivity (Wildman–Crippen MR) is 56.9 cm³/mol. The van der Waals surface area contributed by atoms with Gasteiger partial charge in [-0.25, -0.2) is 4.39 Å². The molecule has 2 saturated carbocycles. The Morgan fingerprint density at radius 2 is 1.86 bits per heavy atom. The molecule has 0 aromatic carbocycles. The van der Waals surface area contributed by atoms with Gasteiger partial charge in [-0.05, 0) is 31.6 Å². The van der Waals surface area contributed by atoms with Crippen LogP contribution in [0, 0.1) is 5.92 Å². The molecule has 2 unspecified atom stereocenters. The van der Waals surface area contributed by atoms with E-state index in [0.717, 1.165) is 12.8 Å². The fourth-order valence-electron chi connectivity index (χ4n) is 3.21. The van der Waals surface area contributed by atoms with Crippen molar-refractivity contribution in [3.8, 4) is 0 Å². The van der Waals surface area contributed by atoms with E-state index < -0.39 is 5.67 Å². The van der Waals surface area contributed by atoms with Gasteiger partial charge in [0, 0.05) is 6.04 Å². The maximum Gasteiger partial charge on any atom is 0.112 e. The minimum atomic E-state index is -0.901. The summed E-state index contributed by atoms with van der Waals surface area (Å²) in [5.74, 6) is 0.652. The van der Waals surface area contributed by atoms with E-state index in [1.54, 1.807) is 0 Å². The number of alkyl halides is 1. The molecule has 2 heteroatoms. The van der Waals surface area contributed by atoms with Gasteiger partial charge in [0.05, 0.1) is 0 Å². The van der Waals surface area contributed by atoms with Gasteiger partial charge < -0.3 is 5.73 Å². The van der Waals surface area contributed by atoms with Gasteiger partial charge in [-0.2, -0.15) is 0 Å². The summed E-state index contributed by atoms with van der Waals surface area (Å²) >= 11 is 0. The number of nitrogens with two attached hydrogens (primary N) is 1. The lowest BCUT2D eigenvalue weighted by Gasteiger charge is -2.28. The quantitative estimate of drug-likeness (QED) is 0.726. The second kappa shape index (κ2) is 4.18. The van der Waals surface area contributed by atoms with E-state index in [4.69, 9.17) is 5.73 Å². The molecule has 2 N–H and O–H groups in total. The molecule has 82 valence electrons. The summed E-state index contributed by atoms with van der Waals surface area (Å²) in [6, 6.07) is 0.128. The topological polar surface area (TPSA) is 26.0 Å². The zero-order valence-electron chi connectivity index (χ0n) is 8.97. The number of hydrogen-bond acceptors (Lipinski definition) is 1. The maximum atomic E-state index is 14.3. The van der Waals surface area contributed by atoms with Crippen LogP contribution in [0.15, 0.2) is 0 Å². The minimum absolute atomic E-state index is 0.128. The van der Waals surface area contributed by atoms with Gasteiger partial charge >= 0.3 is 0 Å². The van der Waals surface area contributed by atoms with Crippen LogP contribution in [-0.4, -0.2) is 11.7 Å². The van der Waals surface area contributed by atoms with Gasteiger partial charge in [-0.15, -0.1) is 0 Å². The van der Waals surface area contributed by atoms with Crippen molar-refractivity contribution in [3.05, 3.63) is 0 Å². The highest BCUT2D eigenvalue weighted by Gasteiger charge is 2.39. The average molecular weight is 199 g/mol. The van der Waals surface area contributed by atoms with E-state index >= 15 is 0 Å².